The second-order valence-corrected chi connectivity index (χ2v) is 7.29. The highest BCUT2D eigenvalue weighted by atomic mass is 16.6. The third kappa shape index (κ3) is 4.25. The number of carboxylic acid groups (broad SMARTS) is 1. The molecule has 0 atom stereocenters. The highest BCUT2D eigenvalue weighted by Gasteiger charge is 2.47. The van der Waals surface area contributed by atoms with Crippen molar-refractivity contribution in [3.63, 3.8) is 0 Å². The lowest BCUT2D eigenvalue weighted by atomic mass is 9.57. The second-order valence-electron chi connectivity index (χ2n) is 7.29. The Morgan fingerprint density at radius 1 is 1.42 bits per heavy atom. The fourth-order valence-electron chi connectivity index (χ4n) is 3.09. The molecule has 24 heavy (non-hydrogen) atoms. The maximum Gasteiger partial charge on any atom is 0.412 e. The number of benzene rings is 1. The summed E-state index contributed by atoms with van der Waals surface area (Å²) in [6, 6.07) is 9.29. The number of aliphatic carboxylic acids is 1. The van der Waals surface area contributed by atoms with Gasteiger partial charge < -0.3 is 9.84 Å². The first kappa shape index (κ1) is 17.8. The summed E-state index contributed by atoms with van der Waals surface area (Å²) in [5, 5.41) is 20.9. The zero-order chi connectivity index (χ0) is 18.0. The van der Waals surface area contributed by atoms with Crippen molar-refractivity contribution in [3.8, 4) is 6.07 Å². The number of anilines is 1. The Labute approximate surface area is 141 Å². The Morgan fingerprint density at radius 3 is 2.62 bits per heavy atom. The molecule has 0 saturated heterocycles. The third-order valence-corrected chi connectivity index (χ3v) is 4.07. The predicted octanol–water partition coefficient (Wildman–Crippen LogP) is 3.68. The van der Waals surface area contributed by atoms with Crippen molar-refractivity contribution in [2.75, 3.05) is 5.32 Å². The van der Waals surface area contributed by atoms with Crippen LogP contribution in [0.4, 0.5) is 10.5 Å². The van der Waals surface area contributed by atoms with E-state index in [0.29, 0.717) is 18.5 Å². The van der Waals surface area contributed by atoms with Gasteiger partial charge in [0.15, 0.2) is 0 Å². The molecule has 2 rings (SSSR count). The maximum atomic E-state index is 11.9. The minimum atomic E-state index is -0.892. The van der Waals surface area contributed by atoms with Crippen LogP contribution >= 0.6 is 0 Å². The zero-order valence-electron chi connectivity index (χ0n) is 14.1. The Hall–Kier alpha value is -2.55. The molecule has 2 N–H and O–H groups in total. The summed E-state index contributed by atoms with van der Waals surface area (Å²) in [5.41, 5.74) is 0.231. The number of nitrogens with zero attached hydrogens (tertiary/aromatic N) is 1. The number of hydrogen-bond acceptors (Lipinski definition) is 4. The number of carboxylic acids is 1. The number of carbonyl (C=O) groups excluding carboxylic acids is 1. The molecule has 0 bridgehead atoms. The van der Waals surface area contributed by atoms with Gasteiger partial charge in [-0.25, -0.2) is 4.79 Å². The molecule has 1 aromatic carbocycles. The van der Waals surface area contributed by atoms with Crippen molar-refractivity contribution in [3.05, 3.63) is 29.8 Å². The topological polar surface area (TPSA) is 99.4 Å². The Kier molecular flexibility index (Phi) is 4.83. The smallest absolute Gasteiger partial charge is 0.412 e. The quantitative estimate of drug-likeness (QED) is 0.877. The summed E-state index contributed by atoms with van der Waals surface area (Å²) in [7, 11) is 0. The van der Waals surface area contributed by atoms with Crippen molar-refractivity contribution in [1.29, 1.82) is 5.26 Å². The van der Waals surface area contributed by atoms with Gasteiger partial charge in [0, 0.05) is 17.0 Å². The van der Waals surface area contributed by atoms with E-state index in [-0.39, 0.29) is 12.3 Å². The van der Waals surface area contributed by atoms with Crippen LogP contribution in [-0.2, 0) is 14.9 Å². The molecule has 128 valence electrons. The molecule has 1 aliphatic carbocycles. The van der Waals surface area contributed by atoms with E-state index in [0.717, 1.165) is 5.56 Å². The van der Waals surface area contributed by atoms with Gasteiger partial charge in [0.25, 0.3) is 0 Å². The molecule has 1 fully saturated rings. The number of ether oxygens (including phenoxy) is 1. The Balaban J connectivity index is 2.18. The number of nitrogens with one attached hydrogen (secondary N) is 1. The predicted molar refractivity (Wildman–Crippen MR) is 88.6 cm³/mol. The van der Waals surface area contributed by atoms with E-state index in [9.17, 15) is 14.7 Å². The molecule has 0 radical (unpaired) electrons. The fourth-order valence-corrected chi connectivity index (χ4v) is 3.09. The monoisotopic (exact) mass is 330 g/mol. The van der Waals surface area contributed by atoms with Crippen LogP contribution in [0.25, 0.3) is 0 Å². The van der Waals surface area contributed by atoms with E-state index in [4.69, 9.17) is 10.00 Å². The third-order valence-electron chi connectivity index (χ3n) is 4.07. The summed E-state index contributed by atoms with van der Waals surface area (Å²) in [6.45, 7) is 5.34. The van der Waals surface area contributed by atoms with E-state index < -0.39 is 23.1 Å². The summed E-state index contributed by atoms with van der Waals surface area (Å²) < 4.78 is 5.22. The van der Waals surface area contributed by atoms with Crippen LogP contribution in [0.2, 0.25) is 0 Å². The standard InChI is InChI=1S/C18H22N2O4/c1-17(2,3)24-16(23)20-14-6-4-5-13(7-14)18(10-15(21)22)8-12(9-18)11-19/h4-7,12H,8-10H2,1-3H3,(H,20,23)(H,21,22). The van der Waals surface area contributed by atoms with E-state index in [1.807, 2.05) is 6.07 Å². The maximum absolute atomic E-state index is 11.9. The van der Waals surface area contributed by atoms with E-state index in [1.54, 1.807) is 39.0 Å². The second kappa shape index (κ2) is 6.52. The first-order valence-electron chi connectivity index (χ1n) is 7.85. The number of hydrogen-bond donors (Lipinski definition) is 2. The van der Waals surface area contributed by atoms with Gasteiger partial charge in [-0.05, 0) is 51.3 Å². The molecule has 1 aliphatic rings. The summed E-state index contributed by atoms with van der Waals surface area (Å²) in [4.78, 5) is 23.1. The molecule has 0 aliphatic heterocycles. The van der Waals surface area contributed by atoms with Gasteiger partial charge in [-0.2, -0.15) is 5.26 Å². The normalized spacial score (nSPS) is 22.8. The van der Waals surface area contributed by atoms with Crippen molar-refractivity contribution >= 4 is 17.7 Å². The van der Waals surface area contributed by atoms with Crippen LogP contribution in [0.3, 0.4) is 0 Å². The molecule has 0 heterocycles. The van der Waals surface area contributed by atoms with Gasteiger partial charge in [0.2, 0.25) is 0 Å². The molecule has 1 amide bonds. The minimum absolute atomic E-state index is 0.0267. The SMILES string of the molecule is CC(C)(C)OC(=O)Nc1cccc(C2(CC(=O)O)CC(C#N)C2)c1. The average Bonchev–Trinajstić information content (AvgIpc) is 2.40. The molecule has 0 unspecified atom stereocenters. The summed E-state index contributed by atoms with van der Waals surface area (Å²) >= 11 is 0. The van der Waals surface area contributed by atoms with Crippen LogP contribution < -0.4 is 5.32 Å². The molecule has 6 heteroatoms. The van der Waals surface area contributed by atoms with Crippen molar-refractivity contribution in [2.24, 2.45) is 5.92 Å². The van der Waals surface area contributed by atoms with Crippen LogP contribution in [0, 0.1) is 17.2 Å². The lowest BCUT2D eigenvalue weighted by molar-refractivity contribution is -0.139. The minimum Gasteiger partial charge on any atom is -0.481 e. The first-order chi connectivity index (χ1) is 11.1. The van der Waals surface area contributed by atoms with E-state index in [1.165, 1.54) is 0 Å². The van der Waals surface area contributed by atoms with Gasteiger partial charge in [0.05, 0.1) is 12.5 Å². The lowest BCUT2D eigenvalue weighted by Crippen LogP contribution is -2.42. The molecule has 1 aromatic rings. The molecule has 0 aromatic heterocycles. The van der Waals surface area contributed by atoms with Gasteiger partial charge in [-0.15, -0.1) is 0 Å². The van der Waals surface area contributed by atoms with Crippen LogP contribution in [0.1, 0.15) is 45.6 Å². The highest BCUT2D eigenvalue weighted by Crippen LogP contribution is 2.50. The van der Waals surface area contributed by atoms with Gasteiger partial charge in [0.1, 0.15) is 5.60 Å². The van der Waals surface area contributed by atoms with Crippen LogP contribution in [0.5, 0.6) is 0 Å². The summed E-state index contributed by atoms with van der Waals surface area (Å²) in [6.07, 6.45) is 0.453. The van der Waals surface area contributed by atoms with Crippen molar-refractivity contribution in [1.82, 2.24) is 0 Å². The number of rotatable bonds is 4. The Morgan fingerprint density at radius 2 is 2.08 bits per heavy atom. The van der Waals surface area contributed by atoms with Gasteiger partial charge >= 0.3 is 12.1 Å². The fraction of sp³-hybridized carbons (Fsp3) is 0.500. The van der Waals surface area contributed by atoms with Crippen molar-refractivity contribution in [2.45, 2.75) is 51.0 Å². The first-order valence-corrected chi connectivity index (χ1v) is 7.85. The molecular formula is C18H22N2O4. The molecule has 6 nitrogen and oxygen atoms in total. The van der Waals surface area contributed by atoms with Crippen LogP contribution in [0.15, 0.2) is 24.3 Å². The molecule has 1 saturated carbocycles. The van der Waals surface area contributed by atoms with Crippen LogP contribution in [-0.4, -0.2) is 22.8 Å². The Bertz CT molecular complexity index is 679. The number of nitriles is 1. The van der Waals surface area contributed by atoms with Gasteiger partial charge in [-0.1, -0.05) is 12.1 Å². The van der Waals surface area contributed by atoms with Crippen molar-refractivity contribution < 1.29 is 19.4 Å². The van der Waals surface area contributed by atoms with Gasteiger partial charge in [-0.3, -0.25) is 10.1 Å². The summed E-state index contributed by atoms with van der Waals surface area (Å²) in [5.74, 6) is -1.01. The number of carbonyl (C=O) groups is 2. The largest absolute Gasteiger partial charge is 0.481 e. The molecule has 0 spiro atoms. The highest BCUT2D eigenvalue weighted by molar-refractivity contribution is 5.85. The zero-order valence-corrected chi connectivity index (χ0v) is 14.1. The average molecular weight is 330 g/mol. The number of amides is 1. The van der Waals surface area contributed by atoms with E-state index >= 15 is 0 Å². The molecular weight excluding hydrogens is 308 g/mol. The van der Waals surface area contributed by atoms with E-state index in [2.05, 4.69) is 11.4 Å². The lowest BCUT2D eigenvalue weighted by Gasteiger charge is -2.44.